The summed E-state index contributed by atoms with van der Waals surface area (Å²) in [5.74, 6) is 0. The van der Waals surface area contributed by atoms with Crippen molar-refractivity contribution < 1.29 is 14.3 Å². The quantitative estimate of drug-likeness (QED) is 0.436. The summed E-state index contributed by atoms with van der Waals surface area (Å²) in [5.41, 5.74) is 0. The van der Waals surface area contributed by atoms with Crippen LogP contribution in [0.4, 0.5) is 4.79 Å². The molecule has 0 bridgehead atoms. The molecule has 0 aliphatic rings. The largest absolute Gasteiger partial charge is 0.445 e. The smallest absolute Gasteiger partial charge is 0.420 e. The Morgan fingerprint density at radius 2 is 2.56 bits per heavy atom. The van der Waals surface area contributed by atoms with Crippen molar-refractivity contribution in [2.75, 3.05) is 13.9 Å². The summed E-state index contributed by atoms with van der Waals surface area (Å²) in [7, 11) is 1.38. The molecule has 5 nitrogen and oxygen atoms in total. The zero-order valence-electron chi connectivity index (χ0n) is 4.88. The number of hydrogen-bond donors (Lipinski definition) is 1. The van der Waals surface area contributed by atoms with Crippen LogP contribution in [0.15, 0.2) is 4.99 Å². The number of aliphatic imine (C=N–C) groups is 1. The van der Waals surface area contributed by atoms with Gasteiger partial charge in [-0.1, -0.05) is 0 Å². The van der Waals surface area contributed by atoms with Gasteiger partial charge in [-0.05, 0) is 0 Å². The highest BCUT2D eigenvalue weighted by atomic mass is 16.7. The Labute approximate surface area is 51.8 Å². The first kappa shape index (κ1) is 7.81. The summed E-state index contributed by atoms with van der Waals surface area (Å²) >= 11 is 0. The van der Waals surface area contributed by atoms with E-state index in [2.05, 4.69) is 14.5 Å². The summed E-state index contributed by atoms with van der Waals surface area (Å²) < 4.78 is 8.59. The van der Waals surface area contributed by atoms with E-state index in [-0.39, 0.29) is 6.79 Å². The number of methoxy groups -OCH3 is 1. The van der Waals surface area contributed by atoms with Gasteiger partial charge in [0.2, 0.25) is 0 Å². The fourth-order valence-electron chi connectivity index (χ4n) is 0.187. The van der Waals surface area contributed by atoms with Crippen molar-refractivity contribution in [2.24, 2.45) is 4.99 Å². The van der Waals surface area contributed by atoms with Gasteiger partial charge in [0, 0.05) is 7.11 Å². The average molecular weight is 130 g/mol. The highest BCUT2D eigenvalue weighted by Crippen LogP contribution is 1.80. The van der Waals surface area contributed by atoms with Gasteiger partial charge in [0.15, 0.2) is 6.79 Å². The fourth-order valence-corrected chi connectivity index (χ4v) is 0.187. The van der Waals surface area contributed by atoms with Gasteiger partial charge in [-0.2, -0.15) is 0 Å². The Kier molecular flexibility index (Phi) is 4.30. The van der Waals surface area contributed by atoms with Crippen molar-refractivity contribution in [3.8, 4) is 0 Å². The molecule has 0 rings (SSSR count). The lowest BCUT2D eigenvalue weighted by Gasteiger charge is -1.94. The summed E-state index contributed by atoms with van der Waals surface area (Å²) in [6.45, 7) is -0.149. The number of amides is 1. The molecule has 5 heteroatoms. The van der Waals surface area contributed by atoms with Gasteiger partial charge in [0.25, 0.3) is 0 Å². The summed E-state index contributed by atoms with van der Waals surface area (Å²) in [4.78, 5) is 13.0. The molecular formula is C4H6N2O3. The molecule has 0 saturated heterocycles. The first-order chi connectivity index (χ1) is 4.31. The molecule has 1 amide bonds. The van der Waals surface area contributed by atoms with Gasteiger partial charge in [-0.15, -0.1) is 4.99 Å². The summed E-state index contributed by atoms with van der Waals surface area (Å²) in [6, 6.07) is 1.52. The molecule has 0 aromatic heterocycles. The van der Waals surface area contributed by atoms with Crippen LogP contribution in [0, 0.1) is 5.41 Å². The molecular weight excluding hydrogens is 124 g/mol. The molecule has 1 N–H and O–H groups in total. The number of nitrogens with one attached hydrogen (secondary N) is 1. The Morgan fingerprint density at radius 3 is 3.00 bits per heavy atom. The SMILES string of the molecule is COCOC(=O)N=C=N. The van der Waals surface area contributed by atoms with Crippen LogP contribution < -0.4 is 0 Å². The second-order valence-corrected chi connectivity index (χ2v) is 1.04. The Morgan fingerprint density at radius 1 is 1.89 bits per heavy atom. The predicted molar refractivity (Wildman–Crippen MR) is 28.5 cm³/mol. The molecule has 0 atom stereocenters. The second-order valence-electron chi connectivity index (χ2n) is 1.04. The zero-order chi connectivity index (χ0) is 7.11. The van der Waals surface area contributed by atoms with Gasteiger partial charge in [-0.3, -0.25) is 0 Å². The van der Waals surface area contributed by atoms with Crippen LogP contribution in [0.5, 0.6) is 0 Å². The van der Waals surface area contributed by atoms with Crippen LogP contribution >= 0.6 is 0 Å². The molecule has 0 aromatic rings. The van der Waals surface area contributed by atoms with Gasteiger partial charge in [0.05, 0.1) is 6.01 Å². The Bertz CT molecular complexity index is 139. The van der Waals surface area contributed by atoms with Crippen LogP contribution in [0.3, 0.4) is 0 Å². The van der Waals surface area contributed by atoms with E-state index in [0.29, 0.717) is 0 Å². The maximum Gasteiger partial charge on any atom is 0.445 e. The van der Waals surface area contributed by atoms with E-state index in [1.807, 2.05) is 0 Å². The number of rotatable bonds is 2. The molecule has 50 valence electrons. The van der Waals surface area contributed by atoms with Crippen LogP contribution in [0.1, 0.15) is 0 Å². The zero-order valence-corrected chi connectivity index (χ0v) is 4.88. The first-order valence-electron chi connectivity index (χ1n) is 2.09. The van der Waals surface area contributed by atoms with Crippen molar-refractivity contribution in [3.63, 3.8) is 0 Å². The van der Waals surface area contributed by atoms with E-state index in [9.17, 15) is 4.79 Å². The van der Waals surface area contributed by atoms with E-state index >= 15 is 0 Å². The predicted octanol–water partition coefficient (Wildman–Crippen LogP) is 0.480. The normalized spacial score (nSPS) is 7.67. The Hall–Kier alpha value is -1.19. The van der Waals surface area contributed by atoms with Crippen molar-refractivity contribution in [1.29, 1.82) is 5.41 Å². The monoisotopic (exact) mass is 130 g/mol. The molecule has 0 aromatic carbocycles. The van der Waals surface area contributed by atoms with E-state index in [4.69, 9.17) is 5.41 Å². The van der Waals surface area contributed by atoms with Crippen molar-refractivity contribution in [1.82, 2.24) is 0 Å². The average Bonchev–Trinajstić information content (AvgIpc) is 1.85. The van der Waals surface area contributed by atoms with Crippen molar-refractivity contribution in [3.05, 3.63) is 0 Å². The van der Waals surface area contributed by atoms with Crippen LogP contribution in [-0.4, -0.2) is 26.0 Å². The molecule has 0 fully saturated rings. The van der Waals surface area contributed by atoms with E-state index in [0.717, 1.165) is 0 Å². The second kappa shape index (κ2) is 4.96. The molecule has 0 saturated carbocycles. The molecule has 0 aliphatic carbocycles. The number of nitrogens with zero attached hydrogens (tertiary/aromatic N) is 1. The third kappa shape index (κ3) is 4.67. The number of ether oxygens (including phenoxy) is 2. The minimum Gasteiger partial charge on any atom is -0.420 e. The molecule has 0 heterocycles. The lowest BCUT2D eigenvalue weighted by atomic mass is 11.1. The molecule has 0 spiro atoms. The number of carbonyl (C=O) groups excluding carboxylic acids is 1. The topological polar surface area (TPSA) is 71.7 Å². The number of hydrogen-bond acceptors (Lipinski definition) is 4. The standard InChI is InChI=1S/C4H6N2O3/c1-8-3-9-4(7)6-2-5/h5H,3H2,1H3. The Balaban J connectivity index is 3.39. The van der Waals surface area contributed by atoms with Gasteiger partial charge < -0.3 is 9.47 Å². The van der Waals surface area contributed by atoms with Gasteiger partial charge in [-0.25, -0.2) is 10.2 Å². The highest BCUT2D eigenvalue weighted by Gasteiger charge is 1.93. The molecule has 0 aliphatic heterocycles. The van der Waals surface area contributed by atoms with Crippen LogP contribution in [-0.2, 0) is 9.47 Å². The van der Waals surface area contributed by atoms with E-state index < -0.39 is 6.09 Å². The fraction of sp³-hybridized carbons (Fsp3) is 0.500. The maximum atomic E-state index is 10.2. The van der Waals surface area contributed by atoms with Gasteiger partial charge >= 0.3 is 6.09 Å². The maximum absolute atomic E-state index is 10.2. The highest BCUT2D eigenvalue weighted by molar-refractivity contribution is 5.74. The minimum atomic E-state index is -0.869. The lowest BCUT2D eigenvalue weighted by Crippen LogP contribution is -2.01. The molecule has 0 unspecified atom stereocenters. The lowest BCUT2D eigenvalue weighted by molar-refractivity contribution is 0.0165. The third-order valence-corrected chi connectivity index (χ3v) is 0.447. The molecule has 9 heavy (non-hydrogen) atoms. The van der Waals surface area contributed by atoms with E-state index in [1.54, 1.807) is 0 Å². The summed E-state index contributed by atoms with van der Waals surface area (Å²) in [6.07, 6.45) is -0.869. The summed E-state index contributed by atoms with van der Waals surface area (Å²) in [5, 5.41) is 6.21. The van der Waals surface area contributed by atoms with Crippen molar-refractivity contribution in [2.45, 2.75) is 0 Å². The number of carbonyl (C=O) groups is 1. The third-order valence-electron chi connectivity index (χ3n) is 0.447. The van der Waals surface area contributed by atoms with Crippen LogP contribution in [0.2, 0.25) is 0 Å². The minimum absolute atomic E-state index is 0.149. The van der Waals surface area contributed by atoms with Crippen molar-refractivity contribution >= 4 is 12.1 Å². The first-order valence-corrected chi connectivity index (χ1v) is 2.09. The van der Waals surface area contributed by atoms with Crippen LogP contribution in [0.25, 0.3) is 0 Å². The van der Waals surface area contributed by atoms with Gasteiger partial charge in [0.1, 0.15) is 0 Å². The molecule has 0 radical (unpaired) electrons. The van der Waals surface area contributed by atoms with E-state index in [1.165, 1.54) is 13.1 Å².